The molecule has 0 saturated carbocycles. The van der Waals surface area contributed by atoms with Crippen molar-refractivity contribution >= 4 is 39.0 Å². The number of halogens is 2. The number of aromatic nitrogens is 2. The van der Waals surface area contributed by atoms with Crippen LogP contribution in [0.25, 0.3) is 0 Å². The van der Waals surface area contributed by atoms with Gasteiger partial charge in [0.25, 0.3) is 0 Å². The maximum absolute atomic E-state index is 13.9. The number of nitrogens with zero attached hydrogens (tertiary/aromatic N) is 2. The van der Waals surface area contributed by atoms with Crippen LogP contribution in [0.4, 0.5) is 4.39 Å². The van der Waals surface area contributed by atoms with E-state index in [4.69, 9.17) is 5.73 Å². The second-order valence-corrected chi connectivity index (χ2v) is 5.78. The predicted molar refractivity (Wildman–Crippen MR) is 66.0 cm³/mol. The van der Waals surface area contributed by atoms with Crippen LogP contribution in [0.15, 0.2) is 31.4 Å². The molecule has 0 radical (unpaired) electrons. The Kier molecular flexibility index (Phi) is 3.91. The molecule has 0 aliphatic rings. The molecule has 84 valence electrons. The fraction of sp³-hybridized carbons (Fsp3) is 0.111. The van der Waals surface area contributed by atoms with Crippen LogP contribution < -0.4 is 5.73 Å². The summed E-state index contributed by atoms with van der Waals surface area (Å²) in [6.07, 6.45) is 0. The van der Waals surface area contributed by atoms with Gasteiger partial charge in [0.2, 0.25) is 0 Å². The smallest absolute Gasteiger partial charge is 0.178 e. The zero-order valence-electron chi connectivity index (χ0n) is 7.98. The molecule has 0 spiro atoms. The first-order valence-electron chi connectivity index (χ1n) is 4.33. The summed E-state index contributed by atoms with van der Waals surface area (Å²) in [6.45, 7) is 0.307. The molecular weight excluding hydrogens is 313 g/mol. The Morgan fingerprint density at radius 2 is 2.31 bits per heavy atom. The number of hydrogen-bond donors (Lipinski definition) is 1. The summed E-state index contributed by atoms with van der Waals surface area (Å²) in [5, 5.41) is 7.55. The number of rotatable bonds is 3. The van der Waals surface area contributed by atoms with Crippen LogP contribution in [0.1, 0.15) is 5.56 Å². The van der Waals surface area contributed by atoms with Gasteiger partial charge in [0.1, 0.15) is 5.51 Å². The summed E-state index contributed by atoms with van der Waals surface area (Å²) >= 11 is 5.82. The van der Waals surface area contributed by atoms with E-state index in [9.17, 15) is 4.39 Å². The van der Waals surface area contributed by atoms with E-state index >= 15 is 0 Å². The van der Waals surface area contributed by atoms with Crippen molar-refractivity contribution in [2.24, 2.45) is 5.73 Å². The maximum Gasteiger partial charge on any atom is 0.178 e. The summed E-state index contributed by atoms with van der Waals surface area (Å²) in [7, 11) is 0. The summed E-state index contributed by atoms with van der Waals surface area (Å²) in [5.74, 6) is -0.303. The first kappa shape index (κ1) is 12.0. The average Bonchev–Trinajstić information content (AvgIpc) is 2.78. The molecule has 0 aliphatic heterocycles. The first-order chi connectivity index (χ1) is 7.72. The highest BCUT2D eigenvalue weighted by Crippen LogP contribution is 2.34. The van der Waals surface area contributed by atoms with Crippen LogP contribution in [0.2, 0.25) is 0 Å². The maximum atomic E-state index is 13.9. The van der Waals surface area contributed by atoms with Crippen molar-refractivity contribution in [1.29, 1.82) is 0 Å². The molecule has 2 aromatic rings. The third-order valence-electron chi connectivity index (χ3n) is 1.88. The van der Waals surface area contributed by atoms with Crippen molar-refractivity contribution in [3.05, 3.63) is 33.5 Å². The molecular formula is C9H7BrFN3S2. The minimum absolute atomic E-state index is 0.303. The van der Waals surface area contributed by atoms with Crippen LogP contribution in [0.5, 0.6) is 0 Å². The summed E-state index contributed by atoms with van der Waals surface area (Å²) in [6, 6.07) is 3.50. The Morgan fingerprint density at radius 1 is 1.50 bits per heavy atom. The molecule has 2 rings (SSSR count). The molecule has 16 heavy (non-hydrogen) atoms. The van der Waals surface area contributed by atoms with Crippen LogP contribution >= 0.6 is 39.0 Å². The van der Waals surface area contributed by atoms with Gasteiger partial charge >= 0.3 is 0 Å². The van der Waals surface area contributed by atoms with Gasteiger partial charge in [0, 0.05) is 6.54 Å². The SMILES string of the molecule is NCc1ccc(Sc2nncs2)c(F)c1Br. The fourth-order valence-electron chi connectivity index (χ4n) is 1.11. The molecule has 1 heterocycles. The monoisotopic (exact) mass is 319 g/mol. The quantitative estimate of drug-likeness (QED) is 0.944. The standard InChI is InChI=1S/C9H7BrFN3S2/c10-7-5(3-12)1-2-6(8(7)11)16-9-14-13-4-15-9/h1-2,4H,3,12H2. The lowest BCUT2D eigenvalue weighted by molar-refractivity contribution is 0.592. The van der Waals surface area contributed by atoms with Gasteiger partial charge in [0.05, 0.1) is 9.37 Å². The highest BCUT2D eigenvalue weighted by atomic mass is 79.9. The van der Waals surface area contributed by atoms with E-state index in [1.165, 1.54) is 23.1 Å². The molecule has 0 aliphatic carbocycles. The Balaban J connectivity index is 2.32. The highest BCUT2D eigenvalue weighted by Gasteiger charge is 2.12. The van der Waals surface area contributed by atoms with Crippen LogP contribution in [0.3, 0.4) is 0 Å². The van der Waals surface area contributed by atoms with E-state index in [1.807, 2.05) is 0 Å². The molecule has 7 heteroatoms. The number of hydrogen-bond acceptors (Lipinski definition) is 5. The fourth-order valence-corrected chi connectivity index (χ4v) is 3.22. The molecule has 0 unspecified atom stereocenters. The van der Waals surface area contributed by atoms with Crippen molar-refractivity contribution in [3.8, 4) is 0 Å². The Hall–Kier alpha value is -0.500. The largest absolute Gasteiger partial charge is 0.326 e. The van der Waals surface area contributed by atoms with Gasteiger partial charge in [0.15, 0.2) is 10.2 Å². The minimum atomic E-state index is -0.303. The Labute approximate surface area is 108 Å². The van der Waals surface area contributed by atoms with Crippen LogP contribution in [0, 0.1) is 5.82 Å². The highest BCUT2D eigenvalue weighted by molar-refractivity contribution is 9.10. The normalized spacial score (nSPS) is 10.7. The number of benzene rings is 1. The van der Waals surface area contributed by atoms with Gasteiger partial charge in [-0.1, -0.05) is 29.2 Å². The molecule has 0 bridgehead atoms. The van der Waals surface area contributed by atoms with Gasteiger partial charge in [-0.3, -0.25) is 0 Å². The van der Waals surface area contributed by atoms with Crippen molar-refractivity contribution in [3.63, 3.8) is 0 Å². The minimum Gasteiger partial charge on any atom is -0.326 e. The van der Waals surface area contributed by atoms with Crippen LogP contribution in [-0.4, -0.2) is 10.2 Å². The van der Waals surface area contributed by atoms with Crippen molar-refractivity contribution in [1.82, 2.24) is 10.2 Å². The van der Waals surface area contributed by atoms with E-state index in [0.29, 0.717) is 20.3 Å². The molecule has 0 atom stereocenters. The van der Waals surface area contributed by atoms with Crippen molar-refractivity contribution in [2.45, 2.75) is 15.8 Å². The number of nitrogens with two attached hydrogens (primary N) is 1. The summed E-state index contributed by atoms with van der Waals surface area (Å²) < 4.78 is 15.0. The second kappa shape index (κ2) is 5.22. The molecule has 1 aromatic heterocycles. The van der Waals surface area contributed by atoms with Gasteiger partial charge in [-0.15, -0.1) is 10.2 Å². The van der Waals surface area contributed by atoms with E-state index < -0.39 is 0 Å². The predicted octanol–water partition coefficient (Wildman–Crippen LogP) is 3.05. The zero-order chi connectivity index (χ0) is 11.5. The molecule has 2 N–H and O–H groups in total. The third-order valence-corrected chi connectivity index (χ3v) is 4.55. The molecule has 0 fully saturated rings. The van der Waals surface area contributed by atoms with E-state index in [-0.39, 0.29) is 5.82 Å². The average molecular weight is 320 g/mol. The van der Waals surface area contributed by atoms with Gasteiger partial charge < -0.3 is 5.73 Å². The van der Waals surface area contributed by atoms with Gasteiger partial charge in [-0.25, -0.2) is 4.39 Å². The zero-order valence-corrected chi connectivity index (χ0v) is 11.2. The molecule has 0 amide bonds. The molecule has 0 saturated heterocycles. The van der Waals surface area contributed by atoms with Crippen molar-refractivity contribution < 1.29 is 4.39 Å². The van der Waals surface area contributed by atoms with E-state index in [1.54, 1.807) is 17.6 Å². The lowest BCUT2D eigenvalue weighted by atomic mass is 10.2. The van der Waals surface area contributed by atoms with E-state index in [2.05, 4.69) is 26.1 Å². The molecule has 3 nitrogen and oxygen atoms in total. The topological polar surface area (TPSA) is 51.8 Å². The summed E-state index contributed by atoms with van der Waals surface area (Å²) in [5.41, 5.74) is 7.85. The summed E-state index contributed by atoms with van der Waals surface area (Å²) in [4.78, 5) is 0.515. The lowest BCUT2D eigenvalue weighted by Crippen LogP contribution is -1.99. The van der Waals surface area contributed by atoms with Crippen LogP contribution in [-0.2, 0) is 6.54 Å². The second-order valence-electron chi connectivity index (χ2n) is 2.86. The Morgan fingerprint density at radius 3 is 2.94 bits per heavy atom. The third kappa shape index (κ3) is 2.42. The van der Waals surface area contributed by atoms with Crippen molar-refractivity contribution in [2.75, 3.05) is 0 Å². The Bertz CT molecular complexity index is 490. The van der Waals surface area contributed by atoms with Gasteiger partial charge in [-0.2, -0.15) is 0 Å². The van der Waals surface area contributed by atoms with E-state index in [0.717, 1.165) is 5.56 Å². The molecule has 1 aromatic carbocycles. The lowest BCUT2D eigenvalue weighted by Gasteiger charge is -2.06. The van der Waals surface area contributed by atoms with Gasteiger partial charge in [-0.05, 0) is 27.6 Å². The first-order valence-corrected chi connectivity index (χ1v) is 6.82.